The molecule has 1 aliphatic rings. The van der Waals surface area contributed by atoms with Crippen molar-refractivity contribution in [3.63, 3.8) is 0 Å². The lowest BCUT2D eigenvalue weighted by atomic mass is 9.99. The lowest BCUT2D eigenvalue weighted by Gasteiger charge is -2.18. The van der Waals surface area contributed by atoms with Gasteiger partial charge in [-0.2, -0.15) is 0 Å². The number of carbonyl (C=O) groups is 1. The Labute approximate surface area is 109 Å². The van der Waals surface area contributed by atoms with Gasteiger partial charge in [-0.05, 0) is 34.8 Å². The van der Waals surface area contributed by atoms with Crippen LogP contribution in [0.1, 0.15) is 30.3 Å². The molecule has 1 saturated heterocycles. The van der Waals surface area contributed by atoms with Crippen LogP contribution in [0.5, 0.6) is 0 Å². The highest BCUT2D eigenvalue weighted by Crippen LogP contribution is 2.26. The summed E-state index contributed by atoms with van der Waals surface area (Å²) in [6, 6.07) is 1.64. The number of nitrogens with zero attached hydrogens (tertiary/aromatic N) is 1. The number of carboxylic acids is 1. The second-order valence-electron chi connectivity index (χ2n) is 4.37. The normalized spacial score (nSPS) is 24.1. The van der Waals surface area contributed by atoms with Gasteiger partial charge in [0, 0.05) is 29.7 Å². The number of carboxylic acid groups (broad SMARTS) is 1. The Balaban J connectivity index is 2.15. The third-order valence-corrected chi connectivity index (χ3v) is 3.70. The minimum absolute atomic E-state index is 0.262. The highest BCUT2D eigenvalue weighted by molar-refractivity contribution is 9.10. The summed E-state index contributed by atoms with van der Waals surface area (Å²) in [5, 5.41) is 9.10. The van der Waals surface area contributed by atoms with Gasteiger partial charge in [0.05, 0.1) is 6.10 Å². The molecule has 0 aliphatic carbocycles. The van der Waals surface area contributed by atoms with Crippen molar-refractivity contribution < 1.29 is 14.6 Å². The zero-order valence-corrected chi connectivity index (χ0v) is 11.3. The number of hydrogen-bond acceptors (Lipinski definition) is 2. The highest BCUT2D eigenvalue weighted by atomic mass is 79.9. The van der Waals surface area contributed by atoms with Crippen LogP contribution in [0.3, 0.4) is 0 Å². The van der Waals surface area contributed by atoms with Gasteiger partial charge < -0.3 is 14.4 Å². The van der Waals surface area contributed by atoms with Crippen LogP contribution in [-0.4, -0.2) is 28.4 Å². The molecule has 0 saturated carbocycles. The van der Waals surface area contributed by atoms with Crippen molar-refractivity contribution in [3.8, 4) is 0 Å². The topological polar surface area (TPSA) is 51.5 Å². The molecular weight excluding hydrogens is 286 g/mol. The first kappa shape index (κ1) is 12.6. The lowest BCUT2D eigenvalue weighted by molar-refractivity contribution is 0.0673. The number of aromatic carboxylic acids is 1. The molecule has 1 aromatic heterocycles. The summed E-state index contributed by atoms with van der Waals surface area (Å²) < 4.78 is 8.23. The molecule has 0 bridgehead atoms. The molecular formula is C12H16BrNO3. The fourth-order valence-corrected chi connectivity index (χ4v) is 2.87. The molecule has 2 rings (SSSR count). The molecule has 94 valence electrons. The Hall–Kier alpha value is -0.810. The van der Waals surface area contributed by atoms with E-state index in [0.29, 0.717) is 18.2 Å². The lowest BCUT2D eigenvalue weighted by Crippen LogP contribution is -2.21. The molecule has 0 aromatic carbocycles. The molecule has 2 heterocycles. The van der Waals surface area contributed by atoms with Crippen molar-refractivity contribution in [2.24, 2.45) is 5.92 Å². The Morgan fingerprint density at radius 3 is 3.12 bits per heavy atom. The minimum atomic E-state index is -0.886. The van der Waals surface area contributed by atoms with Crippen molar-refractivity contribution in [2.75, 3.05) is 6.61 Å². The van der Waals surface area contributed by atoms with E-state index in [0.717, 1.165) is 23.9 Å². The molecule has 2 atom stereocenters. The average molecular weight is 302 g/mol. The van der Waals surface area contributed by atoms with Gasteiger partial charge in [-0.15, -0.1) is 0 Å². The zero-order chi connectivity index (χ0) is 12.4. The van der Waals surface area contributed by atoms with Gasteiger partial charge in [0.2, 0.25) is 0 Å². The summed E-state index contributed by atoms with van der Waals surface area (Å²) in [6.45, 7) is 3.60. The largest absolute Gasteiger partial charge is 0.477 e. The highest BCUT2D eigenvalue weighted by Gasteiger charge is 2.28. The van der Waals surface area contributed by atoms with E-state index < -0.39 is 5.97 Å². The maximum atomic E-state index is 11.1. The number of halogens is 1. The molecule has 5 heteroatoms. The second kappa shape index (κ2) is 5.23. The average Bonchev–Trinajstić information content (AvgIpc) is 2.85. The van der Waals surface area contributed by atoms with Crippen molar-refractivity contribution in [1.82, 2.24) is 4.57 Å². The number of hydrogen-bond donors (Lipinski definition) is 1. The standard InChI is InChI=1S/C12H16BrNO3/c1-2-11-8(3-4-17-11)6-14-7-9(13)5-10(14)12(15)16/h5,7-8,11H,2-4,6H2,1H3,(H,15,16). The van der Waals surface area contributed by atoms with Gasteiger partial charge >= 0.3 is 5.97 Å². The van der Waals surface area contributed by atoms with E-state index in [1.807, 2.05) is 6.20 Å². The SMILES string of the molecule is CCC1OCCC1Cn1cc(Br)cc1C(=O)O. The summed E-state index contributed by atoms with van der Waals surface area (Å²) in [5.74, 6) is -0.472. The Morgan fingerprint density at radius 2 is 2.47 bits per heavy atom. The van der Waals surface area contributed by atoms with Crippen LogP contribution < -0.4 is 0 Å². The quantitative estimate of drug-likeness (QED) is 0.930. The fraction of sp³-hybridized carbons (Fsp3) is 0.583. The van der Waals surface area contributed by atoms with Crippen LogP contribution in [0.15, 0.2) is 16.7 Å². The van der Waals surface area contributed by atoms with E-state index in [4.69, 9.17) is 9.84 Å². The van der Waals surface area contributed by atoms with Crippen LogP contribution in [0.4, 0.5) is 0 Å². The van der Waals surface area contributed by atoms with E-state index in [9.17, 15) is 4.79 Å². The van der Waals surface area contributed by atoms with Gasteiger partial charge in [0.15, 0.2) is 0 Å². The van der Waals surface area contributed by atoms with Gasteiger partial charge in [-0.1, -0.05) is 6.92 Å². The Bertz CT molecular complexity index is 416. The molecule has 4 nitrogen and oxygen atoms in total. The maximum Gasteiger partial charge on any atom is 0.352 e. The number of rotatable bonds is 4. The number of ether oxygens (including phenoxy) is 1. The summed E-state index contributed by atoms with van der Waals surface area (Å²) >= 11 is 3.32. The van der Waals surface area contributed by atoms with E-state index in [2.05, 4.69) is 22.9 Å². The van der Waals surface area contributed by atoms with E-state index in [1.54, 1.807) is 10.6 Å². The van der Waals surface area contributed by atoms with Crippen molar-refractivity contribution in [2.45, 2.75) is 32.4 Å². The third-order valence-electron chi connectivity index (χ3n) is 3.26. The van der Waals surface area contributed by atoms with Crippen LogP contribution in [-0.2, 0) is 11.3 Å². The summed E-state index contributed by atoms with van der Waals surface area (Å²) in [4.78, 5) is 11.1. The van der Waals surface area contributed by atoms with Gasteiger partial charge in [0.25, 0.3) is 0 Å². The van der Waals surface area contributed by atoms with Crippen LogP contribution >= 0.6 is 15.9 Å². The van der Waals surface area contributed by atoms with Crippen molar-refractivity contribution in [3.05, 3.63) is 22.4 Å². The van der Waals surface area contributed by atoms with Crippen molar-refractivity contribution in [1.29, 1.82) is 0 Å². The first-order valence-corrected chi connectivity index (χ1v) is 6.61. The van der Waals surface area contributed by atoms with E-state index in [1.165, 1.54) is 0 Å². The molecule has 1 aromatic rings. The molecule has 0 amide bonds. The van der Waals surface area contributed by atoms with Crippen LogP contribution in [0.25, 0.3) is 0 Å². The maximum absolute atomic E-state index is 11.1. The minimum Gasteiger partial charge on any atom is -0.477 e. The molecule has 0 radical (unpaired) electrons. The smallest absolute Gasteiger partial charge is 0.352 e. The molecule has 17 heavy (non-hydrogen) atoms. The Kier molecular flexibility index (Phi) is 3.89. The fourth-order valence-electron chi connectivity index (χ4n) is 2.41. The predicted molar refractivity (Wildman–Crippen MR) is 67.2 cm³/mol. The summed E-state index contributed by atoms with van der Waals surface area (Å²) in [5.41, 5.74) is 0.332. The first-order valence-electron chi connectivity index (χ1n) is 5.82. The van der Waals surface area contributed by atoms with Gasteiger partial charge in [-0.3, -0.25) is 0 Å². The first-order chi connectivity index (χ1) is 8.11. The van der Waals surface area contributed by atoms with E-state index in [-0.39, 0.29) is 6.10 Å². The predicted octanol–water partition coefficient (Wildman–Crippen LogP) is 2.76. The Morgan fingerprint density at radius 1 is 1.71 bits per heavy atom. The molecule has 1 N–H and O–H groups in total. The second-order valence-corrected chi connectivity index (χ2v) is 5.28. The molecule has 0 spiro atoms. The number of aromatic nitrogens is 1. The monoisotopic (exact) mass is 301 g/mol. The molecule has 2 unspecified atom stereocenters. The van der Waals surface area contributed by atoms with Gasteiger partial charge in [0.1, 0.15) is 5.69 Å². The van der Waals surface area contributed by atoms with Gasteiger partial charge in [-0.25, -0.2) is 4.79 Å². The van der Waals surface area contributed by atoms with Crippen molar-refractivity contribution >= 4 is 21.9 Å². The zero-order valence-electron chi connectivity index (χ0n) is 9.73. The molecule has 1 fully saturated rings. The van der Waals surface area contributed by atoms with Crippen LogP contribution in [0.2, 0.25) is 0 Å². The molecule has 1 aliphatic heterocycles. The summed E-state index contributed by atoms with van der Waals surface area (Å²) in [7, 11) is 0. The van der Waals surface area contributed by atoms with Crippen LogP contribution in [0, 0.1) is 5.92 Å². The third kappa shape index (κ3) is 2.72. The van der Waals surface area contributed by atoms with E-state index >= 15 is 0 Å². The summed E-state index contributed by atoms with van der Waals surface area (Å²) in [6.07, 6.45) is 4.08.